The van der Waals surface area contributed by atoms with Crippen LogP contribution in [-0.4, -0.2) is 19.7 Å². The molecule has 0 aliphatic rings. The summed E-state index contributed by atoms with van der Waals surface area (Å²) in [6, 6.07) is 0. The molecule has 1 N–H and O–H groups in total. The van der Waals surface area contributed by atoms with Gasteiger partial charge in [-0.3, -0.25) is 9.48 Å². The van der Waals surface area contributed by atoms with Crippen LogP contribution >= 0.6 is 0 Å². The van der Waals surface area contributed by atoms with E-state index >= 15 is 0 Å². The first-order valence-corrected chi connectivity index (χ1v) is 4.22. The van der Waals surface area contributed by atoms with Crippen LogP contribution in [0.25, 0.3) is 11.0 Å². The van der Waals surface area contributed by atoms with E-state index in [1.54, 1.807) is 10.9 Å². The second kappa shape index (κ2) is 3.01. The van der Waals surface area contributed by atoms with Gasteiger partial charge in [0.2, 0.25) is 0 Å². The topological polar surface area (TPSA) is 63.6 Å². The van der Waals surface area contributed by atoms with Crippen molar-refractivity contribution in [2.75, 3.05) is 0 Å². The molecule has 0 radical (unpaired) electrons. The first-order valence-electron chi connectivity index (χ1n) is 4.22. The summed E-state index contributed by atoms with van der Waals surface area (Å²) in [7, 11) is 0. The van der Waals surface area contributed by atoms with E-state index in [1.165, 1.54) is 6.33 Å². The van der Waals surface area contributed by atoms with Gasteiger partial charge in [0.15, 0.2) is 5.65 Å². The van der Waals surface area contributed by atoms with Crippen molar-refractivity contribution < 1.29 is 0 Å². The van der Waals surface area contributed by atoms with Crippen LogP contribution in [0.1, 0.15) is 13.3 Å². The average Bonchev–Trinajstić information content (AvgIpc) is 2.49. The van der Waals surface area contributed by atoms with Gasteiger partial charge in [-0.1, -0.05) is 6.92 Å². The number of nitrogens with zero attached hydrogens (tertiary/aromatic N) is 3. The highest BCUT2D eigenvalue weighted by Gasteiger charge is 2.03. The zero-order chi connectivity index (χ0) is 9.26. The SMILES string of the molecule is CCCn1cc2c(=O)[nH]cnc2n1. The van der Waals surface area contributed by atoms with Crippen LogP contribution in [0.2, 0.25) is 0 Å². The zero-order valence-corrected chi connectivity index (χ0v) is 7.32. The Morgan fingerprint density at radius 1 is 1.62 bits per heavy atom. The Morgan fingerprint density at radius 3 is 3.15 bits per heavy atom. The van der Waals surface area contributed by atoms with Gasteiger partial charge in [-0.2, -0.15) is 5.10 Å². The fourth-order valence-corrected chi connectivity index (χ4v) is 1.24. The smallest absolute Gasteiger partial charge is 0.261 e. The Balaban J connectivity index is 2.62. The van der Waals surface area contributed by atoms with Crippen molar-refractivity contribution in [3.63, 3.8) is 0 Å². The summed E-state index contributed by atoms with van der Waals surface area (Å²) in [5.74, 6) is 0. The van der Waals surface area contributed by atoms with Gasteiger partial charge in [0.25, 0.3) is 5.56 Å². The molecule has 0 saturated carbocycles. The third-order valence-electron chi connectivity index (χ3n) is 1.82. The molecule has 2 heterocycles. The lowest BCUT2D eigenvalue weighted by atomic mass is 10.4. The molecule has 2 rings (SSSR count). The Morgan fingerprint density at radius 2 is 2.46 bits per heavy atom. The monoisotopic (exact) mass is 178 g/mol. The lowest BCUT2D eigenvalue weighted by Crippen LogP contribution is -2.04. The summed E-state index contributed by atoms with van der Waals surface area (Å²) in [5.41, 5.74) is 0.379. The number of aromatic amines is 1. The van der Waals surface area contributed by atoms with Crippen molar-refractivity contribution in [1.82, 2.24) is 19.7 Å². The maximum atomic E-state index is 11.2. The maximum Gasteiger partial charge on any atom is 0.261 e. The molecule has 0 amide bonds. The summed E-state index contributed by atoms with van der Waals surface area (Å²) in [6.07, 6.45) is 4.09. The van der Waals surface area contributed by atoms with Crippen LogP contribution in [0.5, 0.6) is 0 Å². The predicted octanol–water partition coefficient (Wildman–Crippen LogP) is 0.530. The third kappa shape index (κ3) is 1.32. The van der Waals surface area contributed by atoms with Crippen LogP contribution in [0.15, 0.2) is 17.3 Å². The molecule has 68 valence electrons. The van der Waals surface area contributed by atoms with E-state index in [1.807, 2.05) is 0 Å². The Bertz CT molecular complexity index is 470. The number of H-pyrrole nitrogens is 1. The predicted molar refractivity (Wildman–Crippen MR) is 48.4 cm³/mol. The fourth-order valence-electron chi connectivity index (χ4n) is 1.24. The Kier molecular flexibility index (Phi) is 1.84. The van der Waals surface area contributed by atoms with Crippen molar-refractivity contribution >= 4 is 11.0 Å². The molecule has 2 aromatic heterocycles. The van der Waals surface area contributed by atoms with Gasteiger partial charge >= 0.3 is 0 Å². The molecule has 13 heavy (non-hydrogen) atoms. The van der Waals surface area contributed by atoms with Crippen LogP contribution in [-0.2, 0) is 6.54 Å². The largest absolute Gasteiger partial charge is 0.312 e. The van der Waals surface area contributed by atoms with Crippen molar-refractivity contribution in [3.8, 4) is 0 Å². The number of aryl methyl sites for hydroxylation is 1. The minimum atomic E-state index is -0.132. The van der Waals surface area contributed by atoms with E-state index in [2.05, 4.69) is 22.0 Å². The highest BCUT2D eigenvalue weighted by atomic mass is 16.1. The number of hydrogen-bond donors (Lipinski definition) is 1. The van der Waals surface area contributed by atoms with E-state index in [0.717, 1.165) is 13.0 Å². The van der Waals surface area contributed by atoms with Gasteiger partial charge in [-0.25, -0.2) is 4.98 Å². The Labute approximate surface area is 74.4 Å². The first-order chi connectivity index (χ1) is 6.31. The van der Waals surface area contributed by atoms with Gasteiger partial charge in [-0.05, 0) is 6.42 Å². The molecule has 0 atom stereocenters. The van der Waals surface area contributed by atoms with E-state index < -0.39 is 0 Å². The van der Waals surface area contributed by atoms with Crippen molar-refractivity contribution in [3.05, 3.63) is 22.9 Å². The molecular weight excluding hydrogens is 168 g/mol. The summed E-state index contributed by atoms with van der Waals surface area (Å²) in [4.78, 5) is 17.7. The zero-order valence-electron chi connectivity index (χ0n) is 7.32. The summed E-state index contributed by atoms with van der Waals surface area (Å²) in [5, 5.41) is 4.70. The van der Waals surface area contributed by atoms with Gasteiger partial charge in [0.05, 0.1) is 6.33 Å². The minimum Gasteiger partial charge on any atom is -0.312 e. The fraction of sp³-hybridized carbons (Fsp3) is 0.375. The van der Waals surface area contributed by atoms with Crippen molar-refractivity contribution in [2.24, 2.45) is 0 Å². The number of hydrogen-bond acceptors (Lipinski definition) is 3. The molecule has 2 aromatic rings. The summed E-state index contributed by atoms with van der Waals surface area (Å²) in [6.45, 7) is 2.87. The van der Waals surface area contributed by atoms with E-state index in [4.69, 9.17) is 0 Å². The van der Waals surface area contributed by atoms with Crippen LogP contribution in [0.4, 0.5) is 0 Å². The van der Waals surface area contributed by atoms with Crippen LogP contribution in [0.3, 0.4) is 0 Å². The molecule has 0 aromatic carbocycles. The summed E-state index contributed by atoms with van der Waals surface area (Å²) >= 11 is 0. The number of nitrogens with one attached hydrogen (secondary N) is 1. The maximum absolute atomic E-state index is 11.2. The number of rotatable bonds is 2. The van der Waals surface area contributed by atoms with Crippen LogP contribution < -0.4 is 5.56 Å². The number of fused-ring (bicyclic) bond motifs is 1. The molecule has 0 bridgehead atoms. The first kappa shape index (κ1) is 7.97. The molecule has 0 aliphatic heterocycles. The molecule has 0 unspecified atom stereocenters. The molecule has 0 aliphatic carbocycles. The highest BCUT2D eigenvalue weighted by Crippen LogP contribution is 2.02. The quantitative estimate of drug-likeness (QED) is 0.729. The Hall–Kier alpha value is -1.65. The van der Waals surface area contributed by atoms with E-state index in [-0.39, 0.29) is 5.56 Å². The molecule has 0 spiro atoms. The number of aromatic nitrogens is 4. The summed E-state index contributed by atoms with van der Waals surface area (Å²) < 4.78 is 1.74. The van der Waals surface area contributed by atoms with Gasteiger partial charge in [0.1, 0.15) is 5.39 Å². The second-order valence-electron chi connectivity index (χ2n) is 2.86. The highest BCUT2D eigenvalue weighted by molar-refractivity contribution is 5.71. The average molecular weight is 178 g/mol. The normalized spacial score (nSPS) is 10.8. The van der Waals surface area contributed by atoms with Crippen molar-refractivity contribution in [1.29, 1.82) is 0 Å². The molecule has 5 heteroatoms. The molecule has 0 fully saturated rings. The van der Waals surface area contributed by atoms with Crippen molar-refractivity contribution in [2.45, 2.75) is 19.9 Å². The standard InChI is InChI=1S/C8H10N4O/c1-2-3-12-4-6-7(11-12)9-5-10-8(6)13/h4-5H,2-3H2,1H3,(H,9,10,11,13). The van der Waals surface area contributed by atoms with Gasteiger partial charge in [-0.15, -0.1) is 0 Å². The molecule has 0 saturated heterocycles. The molecular formula is C8H10N4O. The second-order valence-corrected chi connectivity index (χ2v) is 2.86. The van der Waals surface area contributed by atoms with Gasteiger partial charge in [0, 0.05) is 12.7 Å². The van der Waals surface area contributed by atoms with E-state index in [9.17, 15) is 4.79 Å². The minimum absolute atomic E-state index is 0.132. The van der Waals surface area contributed by atoms with Crippen LogP contribution in [0, 0.1) is 0 Å². The lowest BCUT2D eigenvalue weighted by Gasteiger charge is -1.92. The molecule has 5 nitrogen and oxygen atoms in total. The van der Waals surface area contributed by atoms with Gasteiger partial charge < -0.3 is 4.98 Å². The lowest BCUT2D eigenvalue weighted by molar-refractivity contribution is 0.607. The third-order valence-corrected chi connectivity index (χ3v) is 1.82. The van der Waals surface area contributed by atoms with E-state index in [0.29, 0.717) is 11.0 Å².